The zero-order chi connectivity index (χ0) is 27.2. The van der Waals surface area contributed by atoms with Crippen LogP contribution in [-0.2, 0) is 23.7 Å². The van der Waals surface area contributed by atoms with Crippen molar-refractivity contribution >= 4 is 5.97 Å². The van der Waals surface area contributed by atoms with Gasteiger partial charge in [0.25, 0.3) is 0 Å². The molecule has 1 fully saturated rings. The molecular weight excluding hydrogens is 480 g/mol. The van der Waals surface area contributed by atoms with Gasteiger partial charge in [0.1, 0.15) is 19.0 Å². The largest absolute Gasteiger partial charge is 0.449 e. The van der Waals surface area contributed by atoms with Gasteiger partial charge in [-0.25, -0.2) is 4.79 Å². The highest BCUT2D eigenvalue weighted by Crippen LogP contribution is 2.27. The molecular formula is C32H46O6. The number of allylic oxidation sites excluding steroid dienone is 1. The highest BCUT2D eigenvalue weighted by molar-refractivity contribution is 5.88. The van der Waals surface area contributed by atoms with E-state index in [0.717, 1.165) is 37.7 Å². The third kappa shape index (κ3) is 11.3. The van der Waals surface area contributed by atoms with Gasteiger partial charge in [0.05, 0.1) is 18.3 Å². The van der Waals surface area contributed by atoms with E-state index < -0.39 is 18.2 Å². The van der Waals surface area contributed by atoms with Gasteiger partial charge in [-0.05, 0) is 50.4 Å². The molecule has 1 saturated carbocycles. The molecule has 210 valence electrons. The topological polar surface area (TPSA) is 74.2 Å². The number of carbonyl (C=O) groups excluding carboxylic acids is 1. The highest BCUT2D eigenvalue weighted by atomic mass is 16.7. The number of fused-ring (bicyclic) bond motifs is 2. The van der Waals surface area contributed by atoms with E-state index in [2.05, 4.69) is 37.5 Å². The van der Waals surface area contributed by atoms with Crippen LogP contribution in [0.1, 0.15) is 77.6 Å². The summed E-state index contributed by atoms with van der Waals surface area (Å²) in [5.41, 5.74) is 1.11. The van der Waals surface area contributed by atoms with Crippen molar-refractivity contribution in [1.82, 2.24) is 0 Å². The molecule has 0 radical (unpaired) electrons. The van der Waals surface area contributed by atoms with E-state index in [0.29, 0.717) is 31.1 Å². The third-order valence-corrected chi connectivity index (χ3v) is 7.39. The van der Waals surface area contributed by atoms with Crippen LogP contribution < -0.4 is 0 Å². The van der Waals surface area contributed by atoms with Gasteiger partial charge in [-0.1, -0.05) is 80.7 Å². The lowest BCUT2D eigenvalue weighted by Gasteiger charge is -2.28. The molecule has 38 heavy (non-hydrogen) atoms. The number of cyclic esters (lactones) is 1. The van der Waals surface area contributed by atoms with Crippen LogP contribution in [0.5, 0.6) is 0 Å². The molecule has 0 aromatic rings. The minimum absolute atomic E-state index is 0.122. The van der Waals surface area contributed by atoms with Crippen LogP contribution in [0, 0.1) is 23.7 Å². The predicted molar refractivity (Wildman–Crippen MR) is 149 cm³/mol. The summed E-state index contributed by atoms with van der Waals surface area (Å²) >= 11 is 0. The van der Waals surface area contributed by atoms with Crippen molar-refractivity contribution in [1.29, 1.82) is 0 Å². The molecule has 6 nitrogen and oxygen atoms in total. The van der Waals surface area contributed by atoms with Crippen molar-refractivity contribution < 1.29 is 28.8 Å². The molecule has 3 aliphatic rings. The van der Waals surface area contributed by atoms with Crippen molar-refractivity contribution in [3.05, 3.63) is 48.6 Å². The first-order valence-corrected chi connectivity index (χ1v) is 14.2. The molecule has 0 unspecified atom stereocenters. The summed E-state index contributed by atoms with van der Waals surface area (Å²) in [5.74, 6) is 5.76. The van der Waals surface area contributed by atoms with E-state index in [4.69, 9.17) is 18.9 Å². The van der Waals surface area contributed by atoms with Gasteiger partial charge < -0.3 is 24.1 Å². The monoisotopic (exact) mass is 526 g/mol. The fourth-order valence-electron chi connectivity index (χ4n) is 5.46. The summed E-state index contributed by atoms with van der Waals surface area (Å²) < 4.78 is 22.9. The minimum atomic E-state index is -0.919. The molecule has 0 saturated heterocycles. The number of esters is 1. The number of aliphatic hydroxyl groups is 1. The zero-order valence-electron chi connectivity index (χ0n) is 23.2. The van der Waals surface area contributed by atoms with Crippen molar-refractivity contribution in [3.8, 4) is 11.8 Å². The Labute approximate surface area is 229 Å². The minimum Gasteiger partial charge on any atom is -0.449 e. The van der Waals surface area contributed by atoms with Gasteiger partial charge in [-0.3, -0.25) is 0 Å². The van der Waals surface area contributed by atoms with Crippen molar-refractivity contribution in [2.24, 2.45) is 11.8 Å². The maximum absolute atomic E-state index is 12.6. The van der Waals surface area contributed by atoms with Gasteiger partial charge in [-0.15, -0.1) is 0 Å². The number of methoxy groups -OCH3 is 1. The normalized spacial score (nSPS) is 32.0. The van der Waals surface area contributed by atoms with E-state index in [9.17, 15) is 9.90 Å². The first kappa shape index (κ1) is 30.4. The smallest absolute Gasteiger partial charge is 0.384 e. The average molecular weight is 527 g/mol. The second-order valence-electron chi connectivity index (χ2n) is 11.0. The fraction of sp³-hybridized carbons (Fsp3) is 0.656. The van der Waals surface area contributed by atoms with E-state index in [1.807, 2.05) is 18.2 Å². The summed E-state index contributed by atoms with van der Waals surface area (Å²) in [7, 11) is 1.60. The molecule has 0 aromatic heterocycles. The molecule has 2 aliphatic heterocycles. The number of aliphatic hydroxyl groups excluding tert-OH is 1. The van der Waals surface area contributed by atoms with Gasteiger partial charge in [0.15, 0.2) is 0 Å². The molecule has 1 N–H and O–H groups in total. The molecule has 0 spiro atoms. The predicted octanol–water partition coefficient (Wildman–Crippen LogP) is 5.81. The fourth-order valence-corrected chi connectivity index (χ4v) is 5.46. The van der Waals surface area contributed by atoms with E-state index >= 15 is 0 Å². The summed E-state index contributed by atoms with van der Waals surface area (Å²) in [6.45, 7) is 6.70. The van der Waals surface area contributed by atoms with E-state index in [1.165, 1.54) is 19.3 Å². The van der Waals surface area contributed by atoms with Crippen LogP contribution in [0.4, 0.5) is 0 Å². The first-order chi connectivity index (χ1) is 18.4. The van der Waals surface area contributed by atoms with Gasteiger partial charge in [0, 0.05) is 25.9 Å². The van der Waals surface area contributed by atoms with Crippen LogP contribution in [0.3, 0.4) is 0 Å². The quantitative estimate of drug-likeness (QED) is 0.155. The maximum Gasteiger partial charge on any atom is 0.384 e. The average Bonchev–Trinajstić information content (AvgIpc) is 2.89. The number of carbonyl (C=O) groups is 1. The Morgan fingerprint density at radius 2 is 1.97 bits per heavy atom. The molecule has 6 heteroatoms. The molecule has 2 bridgehead atoms. The van der Waals surface area contributed by atoms with Crippen molar-refractivity contribution in [2.75, 3.05) is 13.9 Å². The lowest BCUT2D eigenvalue weighted by atomic mass is 9.88. The second-order valence-corrected chi connectivity index (χ2v) is 11.0. The molecule has 0 amide bonds. The number of hydrogen-bond donors (Lipinski definition) is 1. The summed E-state index contributed by atoms with van der Waals surface area (Å²) in [4.78, 5) is 12.6. The van der Waals surface area contributed by atoms with Crippen molar-refractivity contribution in [3.63, 3.8) is 0 Å². The number of hydrogen-bond acceptors (Lipinski definition) is 6. The first-order valence-electron chi connectivity index (χ1n) is 14.2. The summed E-state index contributed by atoms with van der Waals surface area (Å²) in [6, 6.07) is 0. The Kier molecular flexibility index (Phi) is 13.4. The van der Waals surface area contributed by atoms with Crippen LogP contribution in [0.15, 0.2) is 48.6 Å². The SMILES string of the molecule is C=C1C[C@H](C)C[C@@H]2CC=C[C@@H](CC#CC(=O)O[C@H]([C@@H](O)/C=C/C3CCCCC3)C/C=C/[C@@H](OCOC)C1)O2. The Bertz CT molecular complexity index is 887. The highest BCUT2D eigenvalue weighted by Gasteiger charge is 2.23. The molecule has 3 rings (SSSR count). The van der Waals surface area contributed by atoms with E-state index in [1.54, 1.807) is 13.2 Å². The summed E-state index contributed by atoms with van der Waals surface area (Å²) in [6.07, 6.45) is 20.1. The van der Waals surface area contributed by atoms with Crippen LogP contribution in [-0.4, -0.2) is 55.5 Å². The van der Waals surface area contributed by atoms with Gasteiger partial charge in [0.2, 0.25) is 0 Å². The van der Waals surface area contributed by atoms with Gasteiger partial charge in [-0.2, -0.15) is 0 Å². The van der Waals surface area contributed by atoms with Crippen molar-refractivity contribution in [2.45, 2.75) is 108 Å². The number of rotatable bonds is 6. The lowest BCUT2D eigenvalue weighted by Crippen LogP contribution is -2.29. The Hall–Kier alpha value is -2.17. The Balaban J connectivity index is 1.75. The Morgan fingerprint density at radius 1 is 1.18 bits per heavy atom. The molecule has 0 aromatic carbocycles. The maximum atomic E-state index is 12.6. The van der Waals surface area contributed by atoms with E-state index in [-0.39, 0.29) is 25.1 Å². The van der Waals surface area contributed by atoms with Gasteiger partial charge >= 0.3 is 5.97 Å². The molecule has 6 atom stereocenters. The molecule has 1 aliphatic carbocycles. The molecule has 2 heterocycles. The summed E-state index contributed by atoms with van der Waals surface area (Å²) in [5, 5.41) is 10.9. The zero-order valence-corrected chi connectivity index (χ0v) is 23.2. The standard InChI is InChI=1S/C32H46O6/c1-24-20-25(2)22-29-15-7-12-27(37-29)13-9-17-32(34)38-31(16-8-14-28(21-24)36-23-35-3)30(33)19-18-26-10-5-4-6-11-26/h7-8,12,14,18-19,25-31,33H,1,4-6,10-11,13,15-16,20-23H2,2-3H3/b14-8+,19-18+/t25-,27-,28+,29-,30-,31-/m0/s1. The lowest BCUT2D eigenvalue weighted by molar-refractivity contribution is -0.145. The van der Waals surface area contributed by atoms with Crippen LogP contribution in [0.25, 0.3) is 0 Å². The number of ether oxygens (including phenoxy) is 4. The Morgan fingerprint density at radius 3 is 2.76 bits per heavy atom. The second kappa shape index (κ2) is 16.7. The van der Waals surface area contributed by atoms with Crippen LogP contribution >= 0.6 is 0 Å². The van der Waals surface area contributed by atoms with Crippen LogP contribution in [0.2, 0.25) is 0 Å². The third-order valence-electron chi connectivity index (χ3n) is 7.39.